The summed E-state index contributed by atoms with van der Waals surface area (Å²) in [5, 5.41) is 3.18. The molecular formula is C23H25FN4. The molecule has 3 aromatic rings. The fourth-order valence-electron chi connectivity index (χ4n) is 4.00. The molecule has 1 fully saturated rings. The summed E-state index contributed by atoms with van der Waals surface area (Å²) in [6.07, 6.45) is 4.72. The van der Waals surface area contributed by atoms with Crippen molar-refractivity contribution in [2.75, 3.05) is 18.9 Å². The molecule has 0 spiro atoms. The molecule has 1 aromatic carbocycles. The largest absolute Gasteiger partial charge is 0.373 e. The third-order valence-corrected chi connectivity index (χ3v) is 5.31. The van der Waals surface area contributed by atoms with Crippen molar-refractivity contribution >= 4 is 5.82 Å². The van der Waals surface area contributed by atoms with Gasteiger partial charge in [0.1, 0.15) is 11.6 Å². The molecule has 5 heteroatoms. The maximum absolute atomic E-state index is 13.5. The monoisotopic (exact) mass is 376 g/mol. The lowest BCUT2D eigenvalue weighted by molar-refractivity contribution is 0.244. The van der Waals surface area contributed by atoms with E-state index >= 15 is 0 Å². The van der Waals surface area contributed by atoms with E-state index in [1.54, 1.807) is 12.1 Å². The minimum absolute atomic E-state index is 0.201. The fourth-order valence-corrected chi connectivity index (χ4v) is 4.00. The van der Waals surface area contributed by atoms with Crippen LogP contribution in [-0.2, 0) is 13.0 Å². The minimum atomic E-state index is -0.201. The molecule has 28 heavy (non-hydrogen) atoms. The quantitative estimate of drug-likeness (QED) is 0.683. The number of rotatable bonds is 6. The highest BCUT2D eigenvalue weighted by Crippen LogP contribution is 2.33. The molecule has 0 radical (unpaired) electrons. The van der Waals surface area contributed by atoms with Crippen LogP contribution in [0.1, 0.15) is 41.4 Å². The summed E-state index contributed by atoms with van der Waals surface area (Å²) < 4.78 is 13.5. The maximum Gasteiger partial charge on any atom is 0.130 e. The third-order valence-electron chi connectivity index (χ3n) is 5.31. The third kappa shape index (κ3) is 4.20. The van der Waals surface area contributed by atoms with Gasteiger partial charge in [-0.3, -0.25) is 9.88 Å². The Morgan fingerprint density at radius 1 is 1.14 bits per heavy atom. The van der Waals surface area contributed by atoms with Crippen molar-refractivity contribution in [2.45, 2.75) is 31.8 Å². The summed E-state index contributed by atoms with van der Waals surface area (Å²) >= 11 is 0. The second kappa shape index (κ2) is 8.48. The van der Waals surface area contributed by atoms with Crippen LogP contribution in [0.5, 0.6) is 0 Å². The first kappa shape index (κ1) is 18.6. The second-order valence-corrected chi connectivity index (χ2v) is 7.25. The van der Waals surface area contributed by atoms with E-state index in [0.717, 1.165) is 48.7 Å². The number of hydrogen-bond donors (Lipinski definition) is 1. The van der Waals surface area contributed by atoms with E-state index in [1.807, 2.05) is 31.4 Å². The van der Waals surface area contributed by atoms with Crippen LogP contribution in [0, 0.1) is 5.82 Å². The first-order valence-electron chi connectivity index (χ1n) is 9.79. The number of pyridine rings is 2. The Morgan fingerprint density at radius 2 is 2.04 bits per heavy atom. The van der Waals surface area contributed by atoms with Crippen LogP contribution in [0.4, 0.5) is 10.2 Å². The van der Waals surface area contributed by atoms with Gasteiger partial charge < -0.3 is 5.32 Å². The highest BCUT2D eigenvalue weighted by molar-refractivity contribution is 5.43. The smallest absolute Gasteiger partial charge is 0.130 e. The first-order valence-corrected chi connectivity index (χ1v) is 9.79. The lowest BCUT2D eigenvalue weighted by atomic mass is 10.1. The normalized spacial score (nSPS) is 17.0. The zero-order valence-electron chi connectivity index (χ0n) is 16.1. The van der Waals surface area contributed by atoms with Crippen LogP contribution < -0.4 is 5.32 Å². The van der Waals surface area contributed by atoms with Crippen molar-refractivity contribution in [3.05, 3.63) is 89.1 Å². The van der Waals surface area contributed by atoms with Gasteiger partial charge in [-0.1, -0.05) is 24.3 Å². The van der Waals surface area contributed by atoms with Crippen LogP contribution in [-0.4, -0.2) is 28.5 Å². The van der Waals surface area contributed by atoms with Crippen molar-refractivity contribution in [1.82, 2.24) is 14.9 Å². The van der Waals surface area contributed by atoms with Crippen molar-refractivity contribution < 1.29 is 4.39 Å². The molecule has 1 unspecified atom stereocenters. The molecule has 1 saturated heterocycles. The minimum Gasteiger partial charge on any atom is -0.373 e. The highest BCUT2D eigenvalue weighted by atomic mass is 19.1. The highest BCUT2D eigenvalue weighted by Gasteiger charge is 2.27. The number of aromatic nitrogens is 2. The molecule has 0 saturated carbocycles. The fraction of sp³-hybridized carbons (Fsp3) is 0.304. The predicted molar refractivity (Wildman–Crippen MR) is 110 cm³/mol. The molecule has 0 bridgehead atoms. The van der Waals surface area contributed by atoms with Crippen LogP contribution in [0.25, 0.3) is 0 Å². The topological polar surface area (TPSA) is 41.1 Å². The summed E-state index contributed by atoms with van der Waals surface area (Å²) in [6, 6.07) is 17.4. The zero-order valence-corrected chi connectivity index (χ0v) is 16.1. The molecule has 3 heterocycles. The molecule has 1 atom stereocenters. The van der Waals surface area contributed by atoms with E-state index in [4.69, 9.17) is 4.98 Å². The molecule has 0 amide bonds. The van der Waals surface area contributed by atoms with E-state index in [-0.39, 0.29) is 5.82 Å². The van der Waals surface area contributed by atoms with Gasteiger partial charge in [0.05, 0.1) is 11.7 Å². The van der Waals surface area contributed by atoms with Gasteiger partial charge in [-0.2, -0.15) is 0 Å². The number of likely N-dealkylation sites (tertiary alicyclic amines) is 1. The van der Waals surface area contributed by atoms with Gasteiger partial charge in [0, 0.05) is 37.5 Å². The van der Waals surface area contributed by atoms with Gasteiger partial charge in [0.25, 0.3) is 0 Å². The van der Waals surface area contributed by atoms with E-state index in [9.17, 15) is 4.39 Å². The number of halogens is 1. The Morgan fingerprint density at radius 3 is 2.89 bits per heavy atom. The molecule has 1 N–H and O–H groups in total. The van der Waals surface area contributed by atoms with Crippen LogP contribution in [0.15, 0.2) is 60.8 Å². The van der Waals surface area contributed by atoms with Crippen LogP contribution >= 0.6 is 0 Å². The van der Waals surface area contributed by atoms with Crippen molar-refractivity contribution in [2.24, 2.45) is 0 Å². The maximum atomic E-state index is 13.5. The van der Waals surface area contributed by atoms with Gasteiger partial charge in [0.2, 0.25) is 0 Å². The first-order chi connectivity index (χ1) is 13.7. The number of anilines is 1. The number of hydrogen-bond acceptors (Lipinski definition) is 4. The average molecular weight is 376 g/mol. The summed E-state index contributed by atoms with van der Waals surface area (Å²) in [7, 11) is 1.91. The molecule has 2 aromatic heterocycles. The number of nitrogens with zero attached hydrogens (tertiary/aromatic N) is 3. The van der Waals surface area contributed by atoms with E-state index in [2.05, 4.69) is 33.4 Å². The van der Waals surface area contributed by atoms with Gasteiger partial charge in [-0.15, -0.1) is 0 Å². The molecule has 1 aliphatic rings. The molecule has 144 valence electrons. The van der Waals surface area contributed by atoms with Gasteiger partial charge >= 0.3 is 0 Å². The lowest BCUT2D eigenvalue weighted by Gasteiger charge is -2.25. The van der Waals surface area contributed by atoms with Gasteiger partial charge in [-0.25, -0.2) is 9.37 Å². The van der Waals surface area contributed by atoms with Gasteiger partial charge in [0.15, 0.2) is 0 Å². The SMILES string of the molecule is CNc1ncccc1CN1CCCC1c1cccc(Cc2cccc(F)c2)n1. The van der Waals surface area contributed by atoms with Crippen molar-refractivity contribution in [3.63, 3.8) is 0 Å². The van der Waals surface area contributed by atoms with Crippen molar-refractivity contribution in [1.29, 1.82) is 0 Å². The summed E-state index contributed by atoms with van der Waals surface area (Å²) in [4.78, 5) is 11.8. The standard InChI is InChI=1S/C23H25FN4/c1-25-23-18(7-4-12-26-23)16-28-13-5-11-22(28)21-10-3-9-20(27-21)15-17-6-2-8-19(24)14-17/h2-4,6-10,12,14,22H,5,11,13,15-16H2,1H3,(H,25,26). The van der Waals surface area contributed by atoms with Gasteiger partial charge in [-0.05, 0) is 55.3 Å². The summed E-state index contributed by atoms with van der Waals surface area (Å²) in [5.74, 6) is 0.730. The van der Waals surface area contributed by atoms with E-state index < -0.39 is 0 Å². The Labute approximate surface area is 165 Å². The molecule has 4 rings (SSSR count). The molecular weight excluding hydrogens is 351 g/mol. The average Bonchev–Trinajstić information content (AvgIpc) is 3.17. The summed E-state index contributed by atoms with van der Waals surface area (Å²) in [6.45, 7) is 1.91. The molecule has 0 aliphatic carbocycles. The van der Waals surface area contributed by atoms with Crippen LogP contribution in [0.2, 0.25) is 0 Å². The lowest BCUT2D eigenvalue weighted by Crippen LogP contribution is -2.24. The zero-order chi connectivity index (χ0) is 19.3. The van der Waals surface area contributed by atoms with E-state index in [0.29, 0.717) is 12.5 Å². The second-order valence-electron chi connectivity index (χ2n) is 7.25. The number of nitrogens with one attached hydrogen (secondary N) is 1. The van der Waals surface area contributed by atoms with E-state index in [1.165, 1.54) is 11.6 Å². The Kier molecular flexibility index (Phi) is 5.63. The predicted octanol–water partition coefficient (Wildman–Crippen LogP) is 4.59. The molecule has 4 nitrogen and oxygen atoms in total. The Hall–Kier alpha value is -2.79. The van der Waals surface area contributed by atoms with Crippen LogP contribution in [0.3, 0.4) is 0 Å². The Balaban J connectivity index is 1.53. The van der Waals surface area contributed by atoms with Crippen molar-refractivity contribution in [3.8, 4) is 0 Å². The summed E-state index contributed by atoms with van der Waals surface area (Å²) in [5.41, 5.74) is 4.23. The molecule has 1 aliphatic heterocycles. The number of benzene rings is 1. The Bertz CT molecular complexity index is 943.